The van der Waals surface area contributed by atoms with Crippen molar-refractivity contribution >= 4 is 29.1 Å². The Bertz CT molecular complexity index is 1020. The molecule has 0 aliphatic carbocycles. The molecule has 0 N–H and O–H groups in total. The molecule has 3 aromatic rings. The zero-order valence-electron chi connectivity index (χ0n) is 16.8. The molecule has 4 rings (SSSR count). The molecule has 2 aromatic carbocycles. The molecule has 30 heavy (non-hydrogen) atoms. The first kappa shape index (κ1) is 20.9. The quantitative estimate of drug-likeness (QED) is 0.521. The summed E-state index contributed by atoms with van der Waals surface area (Å²) >= 11 is 12.1. The van der Waals surface area contributed by atoms with Crippen molar-refractivity contribution in [1.29, 1.82) is 0 Å². The summed E-state index contributed by atoms with van der Waals surface area (Å²) in [4.78, 5) is 21.2. The molecule has 2 heterocycles. The highest BCUT2D eigenvalue weighted by atomic mass is 35.5. The molecule has 1 saturated heterocycles. The predicted molar refractivity (Wildman–Crippen MR) is 121 cm³/mol. The van der Waals surface area contributed by atoms with E-state index in [1.165, 1.54) is 22.9 Å². The van der Waals surface area contributed by atoms with Crippen LogP contribution in [0.15, 0.2) is 66.9 Å². The second-order valence-corrected chi connectivity index (χ2v) is 8.34. The fourth-order valence-electron chi connectivity index (χ4n) is 3.92. The van der Waals surface area contributed by atoms with Gasteiger partial charge in [0.25, 0.3) is 5.91 Å². The first-order chi connectivity index (χ1) is 14.5. The van der Waals surface area contributed by atoms with Gasteiger partial charge in [-0.25, -0.2) is 4.98 Å². The molecular weight excluding hydrogens is 417 g/mol. The van der Waals surface area contributed by atoms with E-state index in [0.29, 0.717) is 23.7 Å². The molecule has 1 unspecified atom stereocenters. The lowest BCUT2D eigenvalue weighted by Crippen LogP contribution is -2.50. The van der Waals surface area contributed by atoms with Gasteiger partial charge in [-0.05, 0) is 24.1 Å². The van der Waals surface area contributed by atoms with Crippen molar-refractivity contribution in [3.63, 3.8) is 0 Å². The lowest BCUT2D eigenvalue weighted by Gasteiger charge is -2.40. The second-order valence-electron chi connectivity index (χ2n) is 7.54. The molecular formula is C24H23Cl2N3O. The van der Waals surface area contributed by atoms with Crippen LogP contribution in [-0.4, -0.2) is 46.9 Å². The number of nitrogens with zero attached hydrogens (tertiary/aromatic N) is 3. The number of carbonyl (C=O) groups excluding carboxylic acids is 1. The monoisotopic (exact) mass is 439 g/mol. The summed E-state index contributed by atoms with van der Waals surface area (Å²) in [5, 5.41) is 0.596. The molecule has 1 atom stereocenters. The number of benzene rings is 2. The van der Waals surface area contributed by atoms with Crippen molar-refractivity contribution < 1.29 is 4.79 Å². The lowest BCUT2D eigenvalue weighted by atomic mass is 9.95. The van der Waals surface area contributed by atoms with E-state index in [1.54, 1.807) is 6.07 Å². The van der Waals surface area contributed by atoms with Gasteiger partial charge in [-0.2, -0.15) is 0 Å². The standard InChI is InChI=1S/C24H23Cl2N3O/c1-17-7-9-19(10-8-17)22(18-5-3-2-4-6-18)28-11-13-29(14-12-28)24(30)21-15-20(25)16-27-23(21)26/h2-10,15-16,22H,11-14H2,1H3. The number of piperazine rings is 1. The summed E-state index contributed by atoms with van der Waals surface area (Å²) in [6.45, 7) is 4.88. The second kappa shape index (κ2) is 9.17. The van der Waals surface area contributed by atoms with Crippen molar-refractivity contribution in [2.75, 3.05) is 26.2 Å². The Hall–Kier alpha value is -2.40. The van der Waals surface area contributed by atoms with Crippen LogP contribution < -0.4 is 0 Å². The van der Waals surface area contributed by atoms with E-state index < -0.39 is 0 Å². The molecule has 1 amide bonds. The largest absolute Gasteiger partial charge is 0.336 e. The number of amides is 1. The van der Waals surface area contributed by atoms with Gasteiger partial charge in [0.1, 0.15) is 5.15 Å². The summed E-state index contributed by atoms with van der Waals surface area (Å²) in [6, 6.07) is 21.0. The Labute approximate surface area is 187 Å². The highest BCUT2D eigenvalue weighted by Crippen LogP contribution is 2.30. The maximum atomic E-state index is 13.0. The van der Waals surface area contributed by atoms with Crippen molar-refractivity contribution in [3.8, 4) is 0 Å². The van der Waals surface area contributed by atoms with Crippen LogP contribution in [-0.2, 0) is 0 Å². The van der Waals surface area contributed by atoms with Crippen molar-refractivity contribution in [2.45, 2.75) is 13.0 Å². The third kappa shape index (κ3) is 4.51. The van der Waals surface area contributed by atoms with Gasteiger partial charge in [-0.1, -0.05) is 83.4 Å². The third-order valence-corrected chi connectivity index (χ3v) is 6.02. The van der Waals surface area contributed by atoms with Crippen molar-refractivity contribution in [1.82, 2.24) is 14.8 Å². The van der Waals surface area contributed by atoms with Crippen LogP contribution in [0, 0.1) is 6.92 Å². The number of aromatic nitrogens is 1. The summed E-state index contributed by atoms with van der Waals surface area (Å²) in [6.07, 6.45) is 1.45. The molecule has 0 radical (unpaired) electrons. The van der Waals surface area contributed by atoms with E-state index in [2.05, 4.69) is 65.3 Å². The van der Waals surface area contributed by atoms with E-state index in [9.17, 15) is 4.79 Å². The highest BCUT2D eigenvalue weighted by Gasteiger charge is 2.29. The molecule has 1 aromatic heterocycles. The van der Waals surface area contributed by atoms with E-state index in [0.717, 1.165) is 13.1 Å². The maximum Gasteiger partial charge on any atom is 0.257 e. The van der Waals surface area contributed by atoms with Crippen LogP contribution in [0.4, 0.5) is 0 Å². The SMILES string of the molecule is Cc1ccc(C(c2ccccc2)N2CCN(C(=O)c3cc(Cl)cnc3Cl)CC2)cc1. The minimum absolute atomic E-state index is 0.124. The smallest absolute Gasteiger partial charge is 0.257 e. The Morgan fingerprint density at radius 2 is 1.57 bits per heavy atom. The molecule has 1 fully saturated rings. The first-order valence-electron chi connectivity index (χ1n) is 9.99. The Balaban J connectivity index is 1.53. The normalized spacial score (nSPS) is 15.8. The molecule has 0 saturated carbocycles. The topological polar surface area (TPSA) is 36.4 Å². The molecule has 1 aliphatic rings. The van der Waals surface area contributed by atoms with Crippen molar-refractivity contribution in [3.05, 3.63) is 99.3 Å². The first-order valence-corrected chi connectivity index (χ1v) is 10.7. The van der Waals surface area contributed by atoms with Crippen LogP contribution in [0.5, 0.6) is 0 Å². The minimum atomic E-state index is -0.124. The fraction of sp³-hybridized carbons (Fsp3) is 0.250. The number of hydrogen-bond donors (Lipinski definition) is 0. The summed E-state index contributed by atoms with van der Waals surface area (Å²) in [7, 11) is 0. The average molecular weight is 440 g/mol. The lowest BCUT2D eigenvalue weighted by molar-refractivity contribution is 0.0597. The Morgan fingerprint density at radius 1 is 0.933 bits per heavy atom. The van der Waals surface area contributed by atoms with E-state index in [1.807, 2.05) is 11.0 Å². The average Bonchev–Trinajstić information content (AvgIpc) is 2.78. The summed E-state index contributed by atoms with van der Waals surface area (Å²) < 4.78 is 0. The van der Waals surface area contributed by atoms with Crippen LogP contribution in [0.2, 0.25) is 10.2 Å². The number of aryl methyl sites for hydroxylation is 1. The van der Waals surface area contributed by atoms with Gasteiger partial charge < -0.3 is 4.90 Å². The van der Waals surface area contributed by atoms with Crippen molar-refractivity contribution in [2.24, 2.45) is 0 Å². The van der Waals surface area contributed by atoms with E-state index in [-0.39, 0.29) is 17.1 Å². The molecule has 0 bridgehead atoms. The zero-order valence-corrected chi connectivity index (χ0v) is 18.3. The number of carbonyl (C=O) groups is 1. The van der Waals surface area contributed by atoms with Gasteiger partial charge in [0.15, 0.2) is 0 Å². The molecule has 4 nitrogen and oxygen atoms in total. The maximum absolute atomic E-state index is 13.0. The Morgan fingerprint density at radius 3 is 2.23 bits per heavy atom. The third-order valence-electron chi connectivity index (χ3n) is 5.51. The minimum Gasteiger partial charge on any atom is -0.336 e. The van der Waals surface area contributed by atoms with E-state index >= 15 is 0 Å². The number of halogens is 2. The molecule has 6 heteroatoms. The van der Waals surface area contributed by atoms with Crippen LogP contribution in [0.25, 0.3) is 0 Å². The fourth-order valence-corrected chi connectivity index (χ4v) is 4.27. The molecule has 154 valence electrons. The molecule has 0 spiro atoms. The zero-order chi connectivity index (χ0) is 21.1. The van der Waals surface area contributed by atoms with Gasteiger partial charge in [0, 0.05) is 32.4 Å². The van der Waals surface area contributed by atoms with Gasteiger partial charge in [0.2, 0.25) is 0 Å². The van der Waals surface area contributed by atoms with Crippen LogP contribution >= 0.6 is 23.2 Å². The van der Waals surface area contributed by atoms with Gasteiger partial charge in [0.05, 0.1) is 16.6 Å². The van der Waals surface area contributed by atoms with Crippen LogP contribution in [0.1, 0.15) is 33.1 Å². The van der Waals surface area contributed by atoms with Crippen LogP contribution in [0.3, 0.4) is 0 Å². The number of pyridine rings is 1. The van der Waals surface area contributed by atoms with Gasteiger partial charge >= 0.3 is 0 Å². The summed E-state index contributed by atoms with van der Waals surface area (Å²) in [5.41, 5.74) is 4.11. The Kier molecular flexibility index (Phi) is 6.38. The van der Waals surface area contributed by atoms with Gasteiger partial charge in [-0.3, -0.25) is 9.69 Å². The predicted octanol–water partition coefficient (Wildman–Crippen LogP) is 5.24. The van der Waals surface area contributed by atoms with Gasteiger partial charge in [-0.15, -0.1) is 0 Å². The number of hydrogen-bond acceptors (Lipinski definition) is 3. The summed E-state index contributed by atoms with van der Waals surface area (Å²) in [5.74, 6) is -0.124. The number of rotatable bonds is 4. The highest BCUT2D eigenvalue weighted by molar-refractivity contribution is 6.34. The van der Waals surface area contributed by atoms with E-state index in [4.69, 9.17) is 23.2 Å². The molecule has 1 aliphatic heterocycles.